The van der Waals surface area contributed by atoms with Crippen LogP contribution < -0.4 is 0 Å². The van der Waals surface area contributed by atoms with Crippen LogP contribution in [0.3, 0.4) is 0 Å². The van der Waals surface area contributed by atoms with Crippen molar-refractivity contribution in [1.82, 2.24) is 0 Å². The van der Waals surface area contributed by atoms with E-state index in [1.807, 2.05) is 24.3 Å². The van der Waals surface area contributed by atoms with Crippen molar-refractivity contribution >= 4 is 0 Å². The van der Waals surface area contributed by atoms with Gasteiger partial charge in [-0.25, -0.2) is 9.78 Å². The van der Waals surface area contributed by atoms with Crippen molar-refractivity contribution in [3.8, 4) is 0 Å². The van der Waals surface area contributed by atoms with Gasteiger partial charge in [0, 0.05) is 46.6 Å². The zero-order chi connectivity index (χ0) is 34.3. The lowest BCUT2D eigenvalue weighted by Gasteiger charge is -2.08. The first kappa shape index (κ1) is 43.2. The molecule has 0 aliphatic rings. The zero-order valence-corrected chi connectivity index (χ0v) is 26.8. The van der Waals surface area contributed by atoms with Crippen molar-refractivity contribution in [2.45, 2.75) is 26.1 Å². The Kier molecular flexibility index (Phi) is 33.2. The van der Waals surface area contributed by atoms with Crippen molar-refractivity contribution in [3.63, 3.8) is 0 Å². The first-order chi connectivity index (χ1) is 23.9. The zero-order valence-electron chi connectivity index (χ0n) is 26.8. The fourth-order valence-electron chi connectivity index (χ4n) is 2.85. The van der Waals surface area contributed by atoms with Crippen molar-refractivity contribution in [2.24, 2.45) is 0 Å². The van der Waals surface area contributed by atoms with E-state index in [2.05, 4.69) is 73.0 Å². The molecule has 1 rings (SSSR count). The number of ether oxygens (including phenoxy) is 6. The van der Waals surface area contributed by atoms with Gasteiger partial charge in [-0.3, -0.25) is 0 Å². The third-order valence-electron chi connectivity index (χ3n) is 4.88. The van der Waals surface area contributed by atoms with Crippen LogP contribution in [0, 0.1) is 0 Å². The Morgan fingerprint density at radius 2 is 0.833 bits per heavy atom. The minimum Gasteiger partial charge on any atom is -0.379 e. The highest BCUT2D eigenvalue weighted by Gasteiger charge is 1.99. The molecular weight excluding hydrogens is 648 g/mol. The van der Waals surface area contributed by atoms with Gasteiger partial charge in [-0.1, -0.05) is 36.4 Å². The van der Waals surface area contributed by atoms with Crippen LogP contribution in [0.5, 0.6) is 0 Å². The lowest BCUT2D eigenvalue weighted by molar-refractivity contribution is -0.751. The molecule has 0 fully saturated rings. The van der Waals surface area contributed by atoms with E-state index in [4.69, 9.17) is 28.4 Å². The normalized spacial score (nSPS) is 11.5. The van der Waals surface area contributed by atoms with Crippen molar-refractivity contribution in [3.05, 3.63) is 85.4 Å². The summed E-state index contributed by atoms with van der Waals surface area (Å²) in [6.07, 6.45) is 10.1. The molecule has 1 aromatic carbocycles. The van der Waals surface area contributed by atoms with Crippen LogP contribution in [0.15, 0.2) is 74.3 Å². The molecule has 0 N–H and O–H groups in total. The first-order valence-corrected chi connectivity index (χ1v) is 14.8. The van der Waals surface area contributed by atoms with Crippen LogP contribution in [0.4, 0.5) is 0 Å². The van der Waals surface area contributed by atoms with Crippen LogP contribution in [0.1, 0.15) is 24.0 Å². The molecule has 48 heavy (non-hydrogen) atoms. The lowest BCUT2D eigenvalue weighted by atomic mass is 10.1. The van der Waals surface area contributed by atoms with Crippen LogP contribution in [-0.4, -0.2) is 79.3 Å². The number of rotatable bonds is 38. The van der Waals surface area contributed by atoms with Gasteiger partial charge >= 0.3 is 0 Å². The smallest absolute Gasteiger partial charge is 0.131 e. The molecule has 0 saturated carbocycles. The molecule has 0 aromatic heterocycles. The topological polar surface area (TPSA) is 166 Å². The number of hydrogen-bond acceptors (Lipinski definition) is 18. The number of benzene rings is 1. The molecule has 0 bridgehead atoms. The summed E-state index contributed by atoms with van der Waals surface area (Å²) in [5, 5.41) is 33.1. The van der Waals surface area contributed by atoms with Gasteiger partial charge in [-0.05, 0) is 56.3 Å². The fourth-order valence-corrected chi connectivity index (χ4v) is 2.85. The molecule has 0 unspecified atom stereocenters. The van der Waals surface area contributed by atoms with E-state index >= 15 is 0 Å². The molecule has 274 valence electrons. The molecule has 18 nitrogen and oxygen atoms in total. The summed E-state index contributed by atoms with van der Waals surface area (Å²) < 4.78 is 32.3. The lowest BCUT2D eigenvalue weighted by Crippen LogP contribution is -2.08. The molecule has 0 atom stereocenters. The Balaban J connectivity index is 1.80. The third-order valence-corrected chi connectivity index (χ3v) is 4.88. The van der Waals surface area contributed by atoms with E-state index in [9.17, 15) is 0 Å². The summed E-state index contributed by atoms with van der Waals surface area (Å²) >= 11 is 0. The predicted octanol–water partition coefficient (Wildman–Crippen LogP) is 4.32. The maximum Gasteiger partial charge on any atom is 0.131 e. The highest BCUT2D eigenvalue weighted by atomic mass is 17.8. The van der Waals surface area contributed by atoms with Gasteiger partial charge in [-0.2, -0.15) is 0 Å². The SMILES string of the molecule is C=CCOC/C=C/OOOOOOCCOCCCOCc1ccc(COCCCOCCOOOOOO/C=C/COCC=C)cc1. The quantitative estimate of drug-likeness (QED) is 0.0315. The van der Waals surface area contributed by atoms with Gasteiger partial charge in [0.05, 0.1) is 52.9 Å². The average molecular weight is 695 g/mol. The molecule has 0 heterocycles. The van der Waals surface area contributed by atoms with Crippen LogP contribution in [-0.2, 0) is 101 Å². The largest absolute Gasteiger partial charge is 0.379 e. The van der Waals surface area contributed by atoms with Crippen LogP contribution in [0.2, 0.25) is 0 Å². The molecule has 0 spiro atoms. The van der Waals surface area contributed by atoms with E-state index in [1.165, 1.54) is 12.5 Å². The van der Waals surface area contributed by atoms with Gasteiger partial charge < -0.3 is 38.2 Å². The standard InChI is InChI=1S/C30H46O18/c1-3-13-31-17-7-21-37-41-45-47-43-39-25-23-33-15-5-19-35-27-29-9-11-30(12-10-29)28-36-20-6-16-34-24-26-40-44-48-46-42-38-22-8-18-32-14-4-2/h3-4,7-12,21-22H,1-2,5-6,13-20,23-28H2/b21-7+,22-8+. The summed E-state index contributed by atoms with van der Waals surface area (Å²) in [4.78, 5) is 18.2. The third kappa shape index (κ3) is 31.7. The van der Waals surface area contributed by atoms with E-state index < -0.39 is 0 Å². The monoisotopic (exact) mass is 694 g/mol. The summed E-state index contributed by atoms with van der Waals surface area (Å²) in [5.41, 5.74) is 2.12. The van der Waals surface area contributed by atoms with Gasteiger partial charge in [0.1, 0.15) is 25.7 Å². The van der Waals surface area contributed by atoms with Gasteiger partial charge in [0.15, 0.2) is 0 Å². The summed E-state index contributed by atoms with van der Waals surface area (Å²) in [6.45, 7) is 12.4. The van der Waals surface area contributed by atoms with E-state index in [0.29, 0.717) is 66.1 Å². The molecule has 0 saturated heterocycles. The Hall–Kier alpha value is -2.86. The van der Waals surface area contributed by atoms with E-state index in [-0.39, 0.29) is 26.4 Å². The Bertz CT molecular complexity index is 814. The molecule has 0 aliphatic carbocycles. The minimum absolute atomic E-state index is 0.107. The average Bonchev–Trinajstić information content (AvgIpc) is 3.11. The molecule has 18 heteroatoms. The summed E-state index contributed by atoms with van der Waals surface area (Å²) in [6, 6.07) is 8.02. The highest BCUT2D eigenvalue weighted by molar-refractivity contribution is 5.21. The second-order valence-electron chi connectivity index (χ2n) is 8.63. The fraction of sp³-hybridized carbons (Fsp3) is 0.533. The molecule has 0 amide bonds. The molecule has 1 aromatic rings. The van der Waals surface area contributed by atoms with Crippen LogP contribution in [0.25, 0.3) is 0 Å². The predicted molar refractivity (Wildman–Crippen MR) is 160 cm³/mol. The van der Waals surface area contributed by atoms with Gasteiger partial charge in [-0.15, -0.1) is 13.2 Å². The van der Waals surface area contributed by atoms with Gasteiger partial charge in [0.2, 0.25) is 0 Å². The number of hydrogen-bond donors (Lipinski definition) is 0. The second-order valence-corrected chi connectivity index (χ2v) is 8.63. The van der Waals surface area contributed by atoms with Crippen molar-refractivity contribution in [2.75, 3.05) is 79.3 Å². The maximum absolute atomic E-state index is 5.68. The second kappa shape index (κ2) is 37.0. The Morgan fingerprint density at radius 1 is 0.417 bits per heavy atom. The van der Waals surface area contributed by atoms with Crippen molar-refractivity contribution in [1.29, 1.82) is 0 Å². The highest BCUT2D eigenvalue weighted by Crippen LogP contribution is 2.08. The molecule has 0 aliphatic heterocycles. The summed E-state index contributed by atoms with van der Waals surface area (Å²) in [5.74, 6) is 0. The van der Waals surface area contributed by atoms with E-state index in [0.717, 1.165) is 24.0 Å². The van der Waals surface area contributed by atoms with E-state index in [1.54, 1.807) is 24.3 Å². The Morgan fingerprint density at radius 3 is 1.27 bits per heavy atom. The first-order valence-electron chi connectivity index (χ1n) is 14.8. The van der Waals surface area contributed by atoms with Crippen LogP contribution >= 0.6 is 0 Å². The minimum atomic E-state index is 0.107. The summed E-state index contributed by atoms with van der Waals surface area (Å²) in [7, 11) is 0. The van der Waals surface area contributed by atoms with Crippen molar-refractivity contribution < 1.29 is 88.3 Å². The molecular formula is C30H46O18. The Labute approximate surface area is 279 Å². The van der Waals surface area contributed by atoms with Gasteiger partial charge in [0.25, 0.3) is 0 Å². The molecule has 0 radical (unpaired) electrons. The maximum atomic E-state index is 5.68.